The number of hydrogen-bond donors (Lipinski definition) is 2. The SMILES string of the molecule is Br.COc1cc(/C=N/Nc2nc(-c3ccc(Br)cc3)cs2)ccc1O. The van der Waals surface area contributed by atoms with Gasteiger partial charge in [-0.1, -0.05) is 28.1 Å². The molecule has 0 unspecified atom stereocenters. The summed E-state index contributed by atoms with van der Waals surface area (Å²) < 4.78 is 6.10. The zero-order valence-corrected chi connectivity index (χ0v) is 17.3. The number of rotatable bonds is 5. The van der Waals surface area contributed by atoms with E-state index in [-0.39, 0.29) is 22.7 Å². The van der Waals surface area contributed by atoms with Gasteiger partial charge in [0.15, 0.2) is 11.5 Å². The van der Waals surface area contributed by atoms with E-state index in [1.807, 2.05) is 29.6 Å². The molecule has 3 rings (SSSR count). The van der Waals surface area contributed by atoms with Crippen LogP contribution >= 0.6 is 44.2 Å². The third kappa shape index (κ3) is 5.04. The lowest BCUT2D eigenvalue weighted by molar-refractivity contribution is 0.373. The molecule has 0 fully saturated rings. The van der Waals surface area contributed by atoms with E-state index in [0.717, 1.165) is 21.3 Å². The fourth-order valence-electron chi connectivity index (χ4n) is 2.01. The largest absolute Gasteiger partial charge is 0.504 e. The number of hydrogen-bond acceptors (Lipinski definition) is 6. The number of anilines is 1. The molecule has 5 nitrogen and oxygen atoms in total. The van der Waals surface area contributed by atoms with Crippen LogP contribution < -0.4 is 10.2 Å². The number of nitrogens with one attached hydrogen (secondary N) is 1. The summed E-state index contributed by atoms with van der Waals surface area (Å²) >= 11 is 4.90. The highest BCUT2D eigenvalue weighted by Gasteiger charge is 2.04. The van der Waals surface area contributed by atoms with E-state index < -0.39 is 0 Å². The maximum atomic E-state index is 9.57. The normalized spacial score (nSPS) is 10.5. The van der Waals surface area contributed by atoms with Gasteiger partial charge in [-0.15, -0.1) is 28.3 Å². The van der Waals surface area contributed by atoms with Crippen molar-refractivity contribution in [2.75, 3.05) is 12.5 Å². The van der Waals surface area contributed by atoms with Gasteiger partial charge in [-0.25, -0.2) is 4.98 Å². The first kappa shape index (κ1) is 19.4. The number of hydrazone groups is 1. The topological polar surface area (TPSA) is 66.7 Å². The highest BCUT2D eigenvalue weighted by molar-refractivity contribution is 9.10. The Bertz CT molecular complexity index is 867. The van der Waals surface area contributed by atoms with Crippen molar-refractivity contribution in [1.29, 1.82) is 0 Å². The van der Waals surface area contributed by atoms with Crippen molar-refractivity contribution in [2.24, 2.45) is 5.10 Å². The zero-order chi connectivity index (χ0) is 16.9. The lowest BCUT2D eigenvalue weighted by Gasteiger charge is -2.03. The maximum Gasteiger partial charge on any atom is 0.203 e. The van der Waals surface area contributed by atoms with Gasteiger partial charge in [0.1, 0.15) is 0 Å². The van der Waals surface area contributed by atoms with Crippen LogP contribution in [0.4, 0.5) is 5.13 Å². The minimum absolute atomic E-state index is 0. The summed E-state index contributed by atoms with van der Waals surface area (Å²) in [5.74, 6) is 0.507. The average Bonchev–Trinajstić information content (AvgIpc) is 3.06. The molecule has 0 radical (unpaired) electrons. The summed E-state index contributed by atoms with van der Waals surface area (Å²) in [6.07, 6.45) is 1.64. The van der Waals surface area contributed by atoms with E-state index in [9.17, 15) is 5.11 Å². The third-order valence-corrected chi connectivity index (χ3v) is 4.50. The van der Waals surface area contributed by atoms with Gasteiger partial charge >= 0.3 is 0 Å². The van der Waals surface area contributed by atoms with E-state index in [1.165, 1.54) is 18.4 Å². The van der Waals surface area contributed by atoms with E-state index in [2.05, 4.69) is 31.4 Å². The van der Waals surface area contributed by atoms with Crippen LogP contribution in [0.25, 0.3) is 11.3 Å². The summed E-state index contributed by atoms with van der Waals surface area (Å²) in [5, 5.41) is 16.4. The van der Waals surface area contributed by atoms with Gasteiger partial charge < -0.3 is 9.84 Å². The van der Waals surface area contributed by atoms with Crippen LogP contribution in [0.3, 0.4) is 0 Å². The Balaban J connectivity index is 0.00000225. The lowest BCUT2D eigenvalue weighted by Crippen LogP contribution is -1.91. The van der Waals surface area contributed by atoms with Crippen molar-refractivity contribution < 1.29 is 9.84 Å². The zero-order valence-electron chi connectivity index (χ0n) is 13.1. The molecular weight excluding hydrogens is 470 g/mol. The number of phenols is 1. The molecule has 0 aliphatic rings. The van der Waals surface area contributed by atoms with Crippen LogP contribution in [0.5, 0.6) is 11.5 Å². The molecule has 0 spiro atoms. The fraction of sp³-hybridized carbons (Fsp3) is 0.0588. The highest BCUT2D eigenvalue weighted by Crippen LogP contribution is 2.27. The van der Waals surface area contributed by atoms with Gasteiger partial charge in [0, 0.05) is 15.4 Å². The maximum absolute atomic E-state index is 9.57. The van der Waals surface area contributed by atoms with Crippen LogP contribution in [0.15, 0.2) is 57.4 Å². The summed E-state index contributed by atoms with van der Waals surface area (Å²) in [6.45, 7) is 0. The van der Waals surface area contributed by atoms with Crippen molar-refractivity contribution in [1.82, 2.24) is 4.98 Å². The highest BCUT2D eigenvalue weighted by atomic mass is 79.9. The standard InChI is InChI=1S/C17H14BrN3O2S.BrH/c1-23-16-8-11(2-7-15(16)22)9-19-21-17-20-14(10-24-17)12-3-5-13(18)6-4-12;/h2-10,22H,1H3,(H,20,21);1H/b19-9+;. The summed E-state index contributed by atoms with van der Waals surface area (Å²) in [4.78, 5) is 4.50. The Hall–Kier alpha value is -1.90. The third-order valence-electron chi connectivity index (χ3n) is 3.22. The molecule has 0 saturated carbocycles. The van der Waals surface area contributed by atoms with Crippen LogP contribution in [0, 0.1) is 0 Å². The molecule has 1 aromatic heterocycles. The van der Waals surface area contributed by atoms with Crippen molar-refractivity contribution in [3.05, 3.63) is 57.9 Å². The molecular formula is C17H15Br2N3O2S. The Morgan fingerprint density at radius 3 is 2.72 bits per heavy atom. The van der Waals surface area contributed by atoms with Crippen molar-refractivity contribution in [3.63, 3.8) is 0 Å². The van der Waals surface area contributed by atoms with Gasteiger partial charge in [-0.2, -0.15) is 5.10 Å². The van der Waals surface area contributed by atoms with E-state index in [4.69, 9.17) is 4.74 Å². The number of ether oxygens (including phenoxy) is 1. The van der Waals surface area contributed by atoms with Crippen LogP contribution in [-0.4, -0.2) is 23.4 Å². The van der Waals surface area contributed by atoms with E-state index in [1.54, 1.807) is 24.4 Å². The second-order valence-electron chi connectivity index (χ2n) is 4.85. The Morgan fingerprint density at radius 2 is 2.00 bits per heavy atom. The van der Waals surface area contributed by atoms with Gasteiger partial charge in [0.25, 0.3) is 0 Å². The molecule has 130 valence electrons. The fourth-order valence-corrected chi connectivity index (χ4v) is 2.95. The number of thiazole rings is 1. The molecule has 0 atom stereocenters. The summed E-state index contributed by atoms with van der Waals surface area (Å²) in [7, 11) is 1.51. The molecule has 3 aromatic rings. The first-order chi connectivity index (χ1) is 11.7. The van der Waals surface area contributed by atoms with Gasteiger partial charge in [0.05, 0.1) is 19.0 Å². The second-order valence-corrected chi connectivity index (χ2v) is 6.62. The second kappa shape index (κ2) is 8.98. The van der Waals surface area contributed by atoms with E-state index in [0.29, 0.717) is 10.9 Å². The molecule has 0 aliphatic heterocycles. The van der Waals surface area contributed by atoms with E-state index >= 15 is 0 Å². The quantitative estimate of drug-likeness (QED) is 0.380. The van der Waals surface area contributed by atoms with Crippen molar-refractivity contribution in [2.45, 2.75) is 0 Å². The molecule has 1 heterocycles. The van der Waals surface area contributed by atoms with Crippen molar-refractivity contribution in [3.8, 4) is 22.8 Å². The molecule has 0 aliphatic carbocycles. The predicted octanol–water partition coefficient (Wildman–Crippen LogP) is 5.31. The molecule has 0 bridgehead atoms. The lowest BCUT2D eigenvalue weighted by atomic mass is 10.2. The smallest absolute Gasteiger partial charge is 0.203 e. The van der Waals surface area contributed by atoms with Gasteiger partial charge in [0.2, 0.25) is 5.13 Å². The Kier molecular flexibility index (Phi) is 6.98. The van der Waals surface area contributed by atoms with Crippen molar-refractivity contribution >= 4 is 55.6 Å². The number of aromatic nitrogens is 1. The molecule has 2 N–H and O–H groups in total. The molecule has 8 heteroatoms. The minimum Gasteiger partial charge on any atom is -0.504 e. The first-order valence-corrected chi connectivity index (χ1v) is 8.70. The van der Waals surface area contributed by atoms with Gasteiger partial charge in [-0.05, 0) is 35.9 Å². The number of halogens is 2. The Morgan fingerprint density at radius 1 is 1.24 bits per heavy atom. The molecule has 0 saturated heterocycles. The Labute approximate surface area is 168 Å². The minimum atomic E-state index is 0. The summed E-state index contributed by atoms with van der Waals surface area (Å²) in [5.41, 5.74) is 5.67. The first-order valence-electron chi connectivity index (χ1n) is 7.03. The number of aromatic hydroxyl groups is 1. The number of phenolic OH excluding ortho intramolecular Hbond substituents is 1. The number of nitrogens with zero attached hydrogens (tertiary/aromatic N) is 2. The average molecular weight is 485 g/mol. The molecule has 25 heavy (non-hydrogen) atoms. The van der Waals surface area contributed by atoms with Crippen LogP contribution in [0.1, 0.15) is 5.56 Å². The summed E-state index contributed by atoms with van der Waals surface area (Å²) in [6, 6.07) is 13.0. The molecule has 0 amide bonds. The molecule has 2 aromatic carbocycles. The predicted molar refractivity (Wildman–Crippen MR) is 111 cm³/mol. The van der Waals surface area contributed by atoms with Crippen LogP contribution in [-0.2, 0) is 0 Å². The number of benzene rings is 2. The van der Waals surface area contributed by atoms with Crippen LogP contribution in [0.2, 0.25) is 0 Å². The number of methoxy groups -OCH3 is 1. The monoisotopic (exact) mass is 483 g/mol. The van der Waals surface area contributed by atoms with Gasteiger partial charge in [-0.3, -0.25) is 5.43 Å².